The van der Waals surface area contributed by atoms with E-state index in [0.29, 0.717) is 5.01 Å². The van der Waals surface area contributed by atoms with E-state index in [4.69, 9.17) is 4.74 Å². The summed E-state index contributed by atoms with van der Waals surface area (Å²) in [5.74, 6) is -2.15. The van der Waals surface area contributed by atoms with Crippen LogP contribution in [0.15, 0.2) is 5.38 Å². The molecule has 0 aliphatic carbocycles. The Labute approximate surface area is 205 Å². The van der Waals surface area contributed by atoms with Gasteiger partial charge >= 0.3 is 11.9 Å². The lowest BCUT2D eigenvalue weighted by Gasteiger charge is -2.35. The zero-order chi connectivity index (χ0) is 25.6. The number of amides is 1. The number of nitrogens with zero attached hydrogens (tertiary/aromatic N) is 3. The predicted octanol–water partition coefficient (Wildman–Crippen LogP) is 3.40. The zero-order valence-electron chi connectivity index (χ0n) is 20.9. The Bertz CT molecular complexity index is 886. The Morgan fingerprint density at radius 3 is 2.47 bits per heavy atom. The number of aromatic carboxylic acids is 1. The van der Waals surface area contributed by atoms with Crippen LogP contribution >= 0.6 is 11.3 Å². The highest BCUT2D eigenvalue weighted by molar-refractivity contribution is 7.09. The molecule has 1 aliphatic heterocycles. The van der Waals surface area contributed by atoms with Crippen LogP contribution in [0.25, 0.3) is 0 Å². The van der Waals surface area contributed by atoms with Crippen molar-refractivity contribution in [3.8, 4) is 0 Å². The van der Waals surface area contributed by atoms with Crippen molar-refractivity contribution in [1.82, 2.24) is 14.8 Å². The number of carbonyl (C=O) groups is 4. The van der Waals surface area contributed by atoms with Gasteiger partial charge in [-0.3, -0.25) is 19.3 Å². The first kappa shape index (κ1) is 27.9. The van der Waals surface area contributed by atoms with Crippen LogP contribution < -0.4 is 0 Å². The van der Waals surface area contributed by atoms with Crippen LogP contribution in [0.4, 0.5) is 0 Å². The second kappa shape index (κ2) is 12.4. The summed E-state index contributed by atoms with van der Waals surface area (Å²) in [4.78, 5) is 56.9. The quantitative estimate of drug-likeness (QED) is 0.464. The molecule has 9 nitrogen and oxygen atoms in total. The molecule has 0 radical (unpaired) electrons. The standard InChI is InChI=1S/C24H37N3O6S/c1-14(2)19(12-21(33-16(4)28)22-25-17(13-34-22)24(31)32)27(6)23(30)15(3)11-20(29)18-9-7-8-10-26(18)5/h13-15,18-19,21H,7-12H2,1-6H3,(H,31,32)/t15-,18-,19-,21-/m1/s1. The molecule has 0 unspecified atom stereocenters. The van der Waals surface area contributed by atoms with Crippen LogP contribution in [0, 0.1) is 11.8 Å². The van der Waals surface area contributed by atoms with Crippen molar-refractivity contribution in [3.63, 3.8) is 0 Å². The highest BCUT2D eigenvalue weighted by Crippen LogP contribution is 2.31. The lowest BCUT2D eigenvalue weighted by molar-refractivity contribution is -0.149. The first-order valence-electron chi connectivity index (χ1n) is 11.8. The molecule has 2 heterocycles. The van der Waals surface area contributed by atoms with Crippen molar-refractivity contribution in [2.45, 2.75) is 78.0 Å². The maximum atomic E-state index is 13.3. The van der Waals surface area contributed by atoms with E-state index >= 15 is 0 Å². The number of thiazole rings is 1. The molecular formula is C24H37N3O6S. The molecule has 1 amide bonds. The average molecular weight is 496 g/mol. The fourth-order valence-electron chi connectivity index (χ4n) is 4.55. The highest BCUT2D eigenvalue weighted by Gasteiger charge is 2.34. The Hall–Kier alpha value is -2.33. The summed E-state index contributed by atoms with van der Waals surface area (Å²) in [6.45, 7) is 7.90. The van der Waals surface area contributed by atoms with E-state index in [0.717, 1.165) is 37.1 Å². The van der Waals surface area contributed by atoms with Gasteiger partial charge in [-0.1, -0.05) is 27.2 Å². The van der Waals surface area contributed by atoms with Gasteiger partial charge in [-0.05, 0) is 32.4 Å². The third kappa shape index (κ3) is 7.33. The Morgan fingerprint density at radius 2 is 1.94 bits per heavy atom. The van der Waals surface area contributed by atoms with Gasteiger partial charge in [0.05, 0.1) is 6.04 Å². The van der Waals surface area contributed by atoms with E-state index in [9.17, 15) is 24.3 Å². The first-order valence-corrected chi connectivity index (χ1v) is 12.7. The van der Waals surface area contributed by atoms with Gasteiger partial charge in [0, 0.05) is 44.2 Å². The van der Waals surface area contributed by atoms with Gasteiger partial charge in [0.1, 0.15) is 5.01 Å². The number of hydrogen-bond acceptors (Lipinski definition) is 8. The number of ether oxygens (including phenoxy) is 1. The molecular weight excluding hydrogens is 458 g/mol. The molecule has 190 valence electrons. The van der Waals surface area contributed by atoms with Gasteiger partial charge in [0.25, 0.3) is 0 Å². The SMILES string of the molecule is CC(=O)O[C@H](C[C@H](C(C)C)N(C)C(=O)[C@H](C)CC(=O)[C@H]1CCCCN1C)c1nc(C(=O)O)cs1. The van der Waals surface area contributed by atoms with Crippen molar-refractivity contribution in [2.75, 3.05) is 20.6 Å². The summed E-state index contributed by atoms with van der Waals surface area (Å²) in [5, 5.41) is 11.0. The molecule has 4 atom stereocenters. The number of rotatable bonds is 11. The van der Waals surface area contributed by atoms with Gasteiger partial charge < -0.3 is 14.7 Å². The number of likely N-dealkylation sites (N-methyl/N-ethyl adjacent to an activating group) is 1. The summed E-state index contributed by atoms with van der Waals surface area (Å²) in [6, 6.07) is -0.430. The minimum atomic E-state index is -1.15. The molecule has 10 heteroatoms. The molecule has 0 saturated carbocycles. The number of Topliss-reactive ketones (excluding diaryl/α,β-unsaturated/α-hetero) is 1. The number of carbonyl (C=O) groups excluding carboxylic acids is 3. The van der Waals surface area contributed by atoms with Crippen LogP contribution in [0.3, 0.4) is 0 Å². The Kier molecular flexibility index (Phi) is 10.2. The number of likely N-dealkylation sites (tertiary alicyclic amines) is 1. The minimum Gasteiger partial charge on any atom is -0.476 e. The van der Waals surface area contributed by atoms with Gasteiger partial charge in [0.2, 0.25) is 5.91 Å². The molecule has 1 N–H and O–H groups in total. The van der Waals surface area contributed by atoms with E-state index in [2.05, 4.69) is 9.88 Å². The summed E-state index contributed by atoms with van der Waals surface area (Å²) in [7, 11) is 3.66. The largest absolute Gasteiger partial charge is 0.476 e. The lowest BCUT2D eigenvalue weighted by atomic mass is 9.91. The summed E-state index contributed by atoms with van der Waals surface area (Å²) < 4.78 is 5.47. The second-order valence-corrected chi connectivity index (χ2v) is 10.4. The smallest absolute Gasteiger partial charge is 0.355 e. The van der Waals surface area contributed by atoms with Gasteiger partial charge in [-0.2, -0.15) is 0 Å². The molecule has 1 aliphatic rings. The number of aromatic nitrogens is 1. The molecule has 1 aromatic heterocycles. The van der Waals surface area contributed by atoms with Crippen molar-refractivity contribution < 1.29 is 29.0 Å². The number of ketones is 1. The molecule has 1 aromatic rings. The number of carboxylic acids is 1. The van der Waals surface area contributed by atoms with E-state index < -0.39 is 24.0 Å². The van der Waals surface area contributed by atoms with Gasteiger partial charge in [-0.15, -0.1) is 11.3 Å². The van der Waals surface area contributed by atoms with E-state index in [1.807, 2.05) is 20.9 Å². The summed E-state index contributed by atoms with van der Waals surface area (Å²) >= 11 is 1.11. The minimum absolute atomic E-state index is 0.0262. The van der Waals surface area contributed by atoms with Crippen molar-refractivity contribution in [1.29, 1.82) is 0 Å². The predicted molar refractivity (Wildman–Crippen MR) is 129 cm³/mol. The van der Waals surface area contributed by atoms with E-state index in [1.165, 1.54) is 12.3 Å². The molecule has 0 bridgehead atoms. The molecule has 0 aromatic carbocycles. The van der Waals surface area contributed by atoms with Crippen molar-refractivity contribution >= 4 is 35.0 Å². The van der Waals surface area contributed by atoms with E-state index in [1.54, 1.807) is 18.9 Å². The average Bonchev–Trinajstić information content (AvgIpc) is 3.26. The normalized spacial score (nSPS) is 19.3. The van der Waals surface area contributed by atoms with Gasteiger partial charge in [0.15, 0.2) is 17.6 Å². The van der Waals surface area contributed by atoms with Crippen molar-refractivity contribution in [2.24, 2.45) is 11.8 Å². The topological polar surface area (TPSA) is 117 Å². The molecule has 1 saturated heterocycles. The zero-order valence-corrected chi connectivity index (χ0v) is 21.8. The van der Waals surface area contributed by atoms with Crippen LogP contribution in [0.1, 0.15) is 81.4 Å². The second-order valence-electron chi connectivity index (χ2n) is 9.53. The highest BCUT2D eigenvalue weighted by atomic mass is 32.1. The molecule has 34 heavy (non-hydrogen) atoms. The summed E-state index contributed by atoms with van der Waals surface area (Å²) in [5.41, 5.74) is -0.109. The Balaban J connectivity index is 2.13. The Morgan fingerprint density at radius 1 is 1.26 bits per heavy atom. The lowest BCUT2D eigenvalue weighted by Crippen LogP contribution is -2.46. The summed E-state index contributed by atoms with van der Waals surface area (Å²) in [6.07, 6.45) is 2.63. The molecule has 2 rings (SSSR count). The maximum absolute atomic E-state index is 13.3. The van der Waals surface area contributed by atoms with E-state index in [-0.39, 0.29) is 48.2 Å². The van der Waals surface area contributed by atoms with Crippen LogP contribution in [-0.2, 0) is 19.1 Å². The number of esters is 1. The van der Waals surface area contributed by atoms with Crippen LogP contribution in [-0.4, -0.2) is 76.2 Å². The molecule has 0 spiro atoms. The fraction of sp³-hybridized carbons (Fsp3) is 0.708. The monoisotopic (exact) mass is 495 g/mol. The molecule has 1 fully saturated rings. The first-order chi connectivity index (χ1) is 15.9. The maximum Gasteiger partial charge on any atom is 0.355 e. The fourth-order valence-corrected chi connectivity index (χ4v) is 5.38. The van der Waals surface area contributed by atoms with Crippen LogP contribution in [0.2, 0.25) is 0 Å². The van der Waals surface area contributed by atoms with Crippen LogP contribution in [0.5, 0.6) is 0 Å². The third-order valence-electron chi connectivity index (χ3n) is 6.47. The number of piperidine rings is 1. The van der Waals surface area contributed by atoms with Gasteiger partial charge in [-0.25, -0.2) is 9.78 Å². The number of hydrogen-bond donors (Lipinski definition) is 1. The number of carboxylic acid groups (broad SMARTS) is 1. The van der Waals surface area contributed by atoms with Crippen molar-refractivity contribution in [3.05, 3.63) is 16.1 Å². The third-order valence-corrected chi connectivity index (χ3v) is 7.40.